The van der Waals surface area contributed by atoms with Crippen LogP contribution in [0.3, 0.4) is 0 Å². The van der Waals surface area contributed by atoms with E-state index in [-0.39, 0.29) is 10.6 Å². The Morgan fingerprint density at radius 1 is 1.25 bits per heavy atom. The van der Waals surface area contributed by atoms with Gasteiger partial charge in [-0.3, -0.25) is 0 Å². The molecule has 3 N–H and O–H groups in total. The number of hydrogen-bond donors (Lipinski definition) is 2. The van der Waals surface area contributed by atoms with Crippen LogP contribution in [0.15, 0.2) is 42.5 Å². The van der Waals surface area contributed by atoms with E-state index in [4.69, 9.17) is 18.0 Å². The first-order valence-corrected chi connectivity index (χ1v) is 6.86. The van der Waals surface area contributed by atoms with E-state index in [1.54, 1.807) is 12.1 Å². The van der Waals surface area contributed by atoms with E-state index < -0.39 is 5.82 Å². The van der Waals surface area contributed by atoms with Crippen molar-refractivity contribution in [3.63, 3.8) is 0 Å². The molecule has 2 aromatic carbocycles. The van der Waals surface area contributed by atoms with E-state index in [1.165, 1.54) is 17.2 Å². The molecule has 20 heavy (non-hydrogen) atoms. The molecule has 4 heteroatoms. The summed E-state index contributed by atoms with van der Waals surface area (Å²) < 4.78 is 13.7. The van der Waals surface area contributed by atoms with Crippen LogP contribution in [-0.2, 0) is 6.42 Å². The first kappa shape index (κ1) is 14.5. The zero-order valence-corrected chi connectivity index (χ0v) is 12.1. The zero-order valence-electron chi connectivity index (χ0n) is 11.3. The van der Waals surface area contributed by atoms with E-state index in [0.29, 0.717) is 12.2 Å². The highest BCUT2D eigenvalue weighted by Gasteiger charge is 2.10. The number of benzene rings is 2. The maximum Gasteiger partial charge on any atom is 0.135 e. The van der Waals surface area contributed by atoms with E-state index in [0.717, 1.165) is 6.42 Å². The second kappa shape index (κ2) is 6.48. The van der Waals surface area contributed by atoms with Crippen molar-refractivity contribution in [2.24, 2.45) is 5.73 Å². The van der Waals surface area contributed by atoms with Crippen LogP contribution in [0.4, 0.5) is 10.1 Å². The lowest BCUT2D eigenvalue weighted by molar-refractivity contribution is 0.626. The monoisotopic (exact) mass is 288 g/mol. The Labute approximate surface area is 123 Å². The Hall–Kier alpha value is -1.94. The first-order chi connectivity index (χ1) is 9.58. The second-order valence-corrected chi connectivity index (χ2v) is 5.13. The van der Waals surface area contributed by atoms with Crippen molar-refractivity contribution in [1.29, 1.82) is 0 Å². The largest absolute Gasteiger partial charge is 0.389 e. The summed E-state index contributed by atoms with van der Waals surface area (Å²) in [6.45, 7) is 2.76. The SMILES string of the molecule is Cc1cccc(CCNc2cccc(F)c2C(N)=S)c1. The Morgan fingerprint density at radius 3 is 2.70 bits per heavy atom. The Morgan fingerprint density at radius 2 is 2.00 bits per heavy atom. The van der Waals surface area contributed by atoms with Gasteiger partial charge in [0.25, 0.3) is 0 Å². The molecule has 0 atom stereocenters. The van der Waals surface area contributed by atoms with E-state index in [9.17, 15) is 4.39 Å². The van der Waals surface area contributed by atoms with Crippen LogP contribution < -0.4 is 11.1 Å². The van der Waals surface area contributed by atoms with Crippen LogP contribution in [0.2, 0.25) is 0 Å². The van der Waals surface area contributed by atoms with Gasteiger partial charge in [0.2, 0.25) is 0 Å². The van der Waals surface area contributed by atoms with Crippen molar-refractivity contribution in [3.05, 3.63) is 65.0 Å². The molecule has 0 bridgehead atoms. The minimum atomic E-state index is -0.391. The van der Waals surface area contributed by atoms with Crippen molar-refractivity contribution < 1.29 is 4.39 Å². The number of hydrogen-bond acceptors (Lipinski definition) is 2. The topological polar surface area (TPSA) is 38.0 Å². The molecule has 2 rings (SSSR count). The number of nitrogens with one attached hydrogen (secondary N) is 1. The minimum absolute atomic E-state index is 0.0705. The van der Waals surface area contributed by atoms with Gasteiger partial charge in [-0.1, -0.05) is 48.1 Å². The molecule has 104 valence electrons. The number of anilines is 1. The molecule has 0 aromatic heterocycles. The molecule has 0 saturated heterocycles. The van der Waals surface area contributed by atoms with E-state index in [1.807, 2.05) is 6.07 Å². The lowest BCUT2D eigenvalue weighted by Gasteiger charge is -2.12. The summed E-state index contributed by atoms with van der Waals surface area (Å²) in [5, 5.41) is 3.20. The lowest BCUT2D eigenvalue weighted by Crippen LogP contribution is -2.16. The average molecular weight is 288 g/mol. The van der Waals surface area contributed by atoms with Crippen molar-refractivity contribution in [1.82, 2.24) is 0 Å². The summed E-state index contributed by atoms with van der Waals surface area (Å²) in [5.41, 5.74) is 8.97. The molecule has 0 saturated carbocycles. The Balaban J connectivity index is 2.05. The molecule has 0 heterocycles. The second-order valence-electron chi connectivity index (χ2n) is 4.69. The molecule has 0 fully saturated rings. The van der Waals surface area contributed by atoms with Crippen molar-refractivity contribution in [2.75, 3.05) is 11.9 Å². The highest BCUT2D eigenvalue weighted by atomic mass is 32.1. The molecule has 0 radical (unpaired) electrons. The van der Waals surface area contributed by atoms with Crippen LogP contribution in [0, 0.1) is 12.7 Å². The average Bonchev–Trinajstić information content (AvgIpc) is 2.38. The highest BCUT2D eigenvalue weighted by Crippen LogP contribution is 2.19. The fourth-order valence-corrected chi connectivity index (χ4v) is 2.34. The van der Waals surface area contributed by atoms with Crippen LogP contribution >= 0.6 is 12.2 Å². The number of nitrogens with two attached hydrogens (primary N) is 1. The third-order valence-corrected chi connectivity index (χ3v) is 3.28. The Bertz CT molecular complexity index is 626. The molecule has 0 aliphatic rings. The van der Waals surface area contributed by atoms with Gasteiger partial charge in [-0.15, -0.1) is 0 Å². The van der Waals surface area contributed by atoms with Crippen molar-refractivity contribution in [3.8, 4) is 0 Å². The highest BCUT2D eigenvalue weighted by molar-refractivity contribution is 7.80. The molecule has 0 aliphatic carbocycles. The standard InChI is InChI=1S/C16H17FN2S/c1-11-4-2-5-12(10-11)8-9-19-14-7-3-6-13(17)15(14)16(18)20/h2-7,10,19H,8-9H2,1H3,(H2,18,20). The lowest BCUT2D eigenvalue weighted by atomic mass is 10.1. The van der Waals surface area contributed by atoms with Crippen LogP contribution in [0.25, 0.3) is 0 Å². The molecule has 0 spiro atoms. The fourth-order valence-electron chi connectivity index (χ4n) is 2.13. The predicted molar refractivity (Wildman–Crippen MR) is 85.7 cm³/mol. The van der Waals surface area contributed by atoms with Crippen LogP contribution in [-0.4, -0.2) is 11.5 Å². The van der Waals surface area contributed by atoms with Gasteiger partial charge in [0.15, 0.2) is 0 Å². The third-order valence-electron chi connectivity index (χ3n) is 3.07. The maximum absolute atomic E-state index is 13.7. The smallest absolute Gasteiger partial charge is 0.135 e. The van der Waals surface area contributed by atoms with Gasteiger partial charge in [-0.2, -0.15) is 0 Å². The van der Waals surface area contributed by atoms with Crippen LogP contribution in [0.5, 0.6) is 0 Å². The molecular formula is C16H17FN2S. The Kier molecular flexibility index (Phi) is 4.69. The molecular weight excluding hydrogens is 271 g/mol. The number of aryl methyl sites for hydroxylation is 1. The van der Waals surface area contributed by atoms with Gasteiger partial charge in [-0.25, -0.2) is 4.39 Å². The summed E-state index contributed by atoms with van der Waals surface area (Å²) in [6, 6.07) is 13.1. The van der Waals surface area contributed by atoms with Gasteiger partial charge in [-0.05, 0) is 31.0 Å². The number of thiocarbonyl (C=S) groups is 1. The van der Waals surface area contributed by atoms with Gasteiger partial charge >= 0.3 is 0 Å². The van der Waals surface area contributed by atoms with Crippen molar-refractivity contribution in [2.45, 2.75) is 13.3 Å². The first-order valence-electron chi connectivity index (χ1n) is 6.45. The quantitative estimate of drug-likeness (QED) is 0.828. The predicted octanol–water partition coefficient (Wildman–Crippen LogP) is 3.42. The number of halogens is 1. The minimum Gasteiger partial charge on any atom is -0.389 e. The van der Waals surface area contributed by atoms with Crippen molar-refractivity contribution >= 4 is 22.9 Å². The summed E-state index contributed by atoms with van der Waals surface area (Å²) in [4.78, 5) is 0.0705. The molecule has 0 amide bonds. The maximum atomic E-state index is 13.7. The fraction of sp³-hybridized carbons (Fsp3) is 0.188. The molecule has 0 unspecified atom stereocenters. The summed E-state index contributed by atoms with van der Waals surface area (Å²) >= 11 is 4.90. The zero-order chi connectivity index (χ0) is 14.5. The van der Waals surface area contributed by atoms with E-state index in [2.05, 4.69) is 30.4 Å². The third kappa shape index (κ3) is 3.54. The summed E-state index contributed by atoms with van der Waals surface area (Å²) in [5.74, 6) is -0.391. The number of rotatable bonds is 5. The summed E-state index contributed by atoms with van der Waals surface area (Å²) in [7, 11) is 0. The molecule has 0 aliphatic heterocycles. The van der Waals surface area contributed by atoms with Crippen LogP contribution in [0.1, 0.15) is 16.7 Å². The summed E-state index contributed by atoms with van der Waals surface area (Å²) in [6.07, 6.45) is 0.856. The molecule has 2 nitrogen and oxygen atoms in total. The van der Waals surface area contributed by atoms with E-state index >= 15 is 0 Å². The normalized spacial score (nSPS) is 10.3. The van der Waals surface area contributed by atoms with Gasteiger partial charge in [0.05, 0.1) is 5.56 Å². The van der Waals surface area contributed by atoms with Gasteiger partial charge in [0.1, 0.15) is 10.8 Å². The van der Waals surface area contributed by atoms with Gasteiger partial charge < -0.3 is 11.1 Å². The molecule has 2 aromatic rings. The van der Waals surface area contributed by atoms with Gasteiger partial charge in [0, 0.05) is 12.2 Å².